The Morgan fingerprint density at radius 1 is 1.32 bits per heavy atom. The van der Waals surface area contributed by atoms with E-state index in [1.54, 1.807) is 30.5 Å². The molecule has 136 valence electrons. The average molecular weight is 364 g/mol. The SMILES string of the molecule is CN=C(NCCCN(C)c1cccc(F)c1)NCc1sc(C)nc1C. The molecule has 2 N–H and O–H groups in total. The third-order valence-electron chi connectivity index (χ3n) is 3.85. The van der Waals surface area contributed by atoms with Gasteiger partial charge in [-0.15, -0.1) is 11.3 Å². The van der Waals surface area contributed by atoms with E-state index in [0.717, 1.165) is 48.4 Å². The molecule has 0 spiro atoms. The largest absolute Gasteiger partial charge is 0.374 e. The third kappa shape index (κ3) is 6.01. The van der Waals surface area contributed by atoms with Crippen molar-refractivity contribution in [1.82, 2.24) is 15.6 Å². The predicted molar refractivity (Wildman–Crippen MR) is 104 cm³/mol. The highest BCUT2D eigenvalue weighted by Crippen LogP contribution is 2.16. The summed E-state index contributed by atoms with van der Waals surface area (Å²) in [6.07, 6.45) is 0.923. The Bertz CT molecular complexity index is 713. The first-order valence-corrected chi connectivity index (χ1v) is 9.15. The highest BCUT2D eigenvalue weighted by atomic mass is 32.1. The molecular weight excluding hydrogens is 337 g/mol. The number of aromatic nitrogens is 1. The van der Waals surface area contributed by atoms with E-state index in [-0.39, 0.29) is 5.82 Å². The van der Waals surface area contributed by atoms with Crippen molar-refractivity contribution in [2.45, 2.75) is 26.8 Å². The lowest BCUT2D eigenvalue weighted by atomic mass is 10.2. The minimum Gasteiger partial charge on any atom is -0.374 e. The van der Waals surface area contributed by atoms with Gasteiger partial charge in [-0.2, -0.15) is 0 Å². The Labute approximate surface area is 153 Å². The van der Waals surface area contributed by atoms with Crippen LogP contribution >= 0.6 is 11.3 Å². The van der Waals surface area contributed by atoms with Gasteiger partial charge in [-0.25, -0.2) is 9.37 Å². The maximum atomic E-state index is 13.3. The van der Waals surface area contributed by atoms with Crippen LogP contribution in [-0.2, 0) is 6.54 Å². The standard InChI is InChI=1S/C18H26FN5S/c1-13-17(25-14(2)23-13)12-22-18(20-3)21-9-6-10-24(4)16-8-5-7-15(19)11-16/h5,7-8,11H,6,9-10,12H2,1-4H3,(H2,20,21,22). The van der Waals surface area contributed by atoms with Crippen molar-refractivity contribution in [1.29, 1.82) is 0 Å². The minimum atomic E-state index is -0.208. The molecule has 0 saturated carbocycles. The predicted octanol–water partition coefficient (Wildman–Crippen LogP) is 3.09. The Balaban J connectivity index is 1.71. The van der Waals surface area contributed by atoms with Crippen molar-refractivity contribution < 1.29 is 4.39 Å². The van der Waals surface area contributed by atoms with Crippen molar-refractivity contribution in [3.63, 3.8) is 0 Å². The average Bonchev–Trinajstić information content (AvgIpc) is 2.91. The number of hydrogen-bond donors (Lipinski definition) is 2. The summed E-state index contributed by atoms with van der Waals surface area (Å²) in [4.78, 5) is 11.9. The van der Waals surface area contributed by atoms with Crippen LogP contribution in [0.15, 0.2) is 29.3 Å². The van der Waals surface area contributed by atoms with Crippen LogP contribution in [0.3, 0.4) is 0 Å². The maximum Gasteiger partial charge on any atom is 0.191 e. The molecule has 0 aliphatic carbocycles. The molecule has 0 unspecified atom stereocenters. The van der Waals surface area contributed by atoms with E-state index < -0.39 is 0 Å². The lowest BCUT2D eigenvalue weighted by Crippen LogP contribution is -2.38. The number of nitrogens with zero attached hydrogens (tertiary/aromatic N) is 3. The first-order valence-electron chi connectivity index (χ1n) is 8.33. The fraction of sp³-hybridized carbons (Fsp3) is 0.444. The summed E-state index contributed by atoms with van der Waals surface area (Å²) < 4.78 is 13.3. The van der Waals surface area contributed by atoms with E-state index in [1.165, 1.54) is 10.9 Å². The maximum absolute atomic E-state index is 13.3. The molecule has 0 radical (unpaired) electrons. The Morgan fingerprint density at radius 2 is 2.12 bits per heavy atom. The van der Waals surface area contributed by atoms with Crippen molar-refractivity contribution >= 4 is 23.0 Å². The summed E-state index contributed by atoms with van der Waals surface area (Å²) in [5.74, 6) is 0.569. The Hall–Kier alpha value is -2.15. The molecule has 0 saturated heterocycles. The molecule has 2 aromatic rings. The van der Waals surface area contributed by atoms with E-state index in [1.807, 2.05) is 31.9 Å². The van der Waals surface area contributed by atoms with E-state index in [4.69, 9.17) is 0 Å². The molecule has 1 aromatic carbocycles. The number of halogens is 1. The molecule has 25 heavy (non-hydrogen) atoms. The highest BCUT2D eigenvalue weighted by molar-refractivity contribution is 7.11. The van der Waals surface area contributed by atoms with Crippen LogP contribution in [-0.4, -0.2) is 38.1 Å². The number of guanidine groups is 1. The zero-order chi connectivity index (χ0) is 18.2. The molecule has 7 heteroatoms. The molecule has 2 rings (SSSR count). The van der Waals surface area contributed by atoms with Gasteiger partial charge in [-0.1, -0.05) is 6.07 Å². The van der Waals surface area contributed by atoms with E-state index in [0.29, 0.717) is 0 Å². The Kier molecular flexibility index (Phi) is 7.18. The van der Waals surface area contributed by atoms with Gasteiger partial charge < -0.3 is 15.5 Å². The van der Waals surface area contributed by atoms with Gasteiger partial charge in [-0.3, -0.25) is 4.99 Å². The molecule has 0 amide bonds. The summed E-state index contributed by atoms with van der Waals surface area (Å²) in [5, 5.41) is 7.70. The van der Waals surface area contributed by atoms with Gasteiger partial charge in [0.1, 0.15) is 5.82 Å². The van der Waals surface area contributed by atoms with Crippen LogP contribution < -0.4 is 15.5 Å². The second kappa shape index (κ2) is 9.36. The minimum absolute atomic E-state index is 0.208. The molecule has 0 atom stereocenters. The highest BCUT2D eigenvalue weighted by Gasteiger charge is 2.06. The first kappa shape index (κ1) is 19.2. The van der Waals surface area contributed by atoms with Gasteiger partial charge in [0.05, 0.1) is 17.2 Å². The van der Waals surface area contributed by atoms with Crippen molar-refractivity contribution in [3.8, 4) is 0 Å². The number of aliphatic imine (C=N–C) groups is 1. The number of hydrogen-bond acceptors (Lipinski definition) is 4. The van der Waals surface area contributed by atoms with Gasteiger partial charge in [0.25, 0.3) is 0 Å². The normalized spacial score (nSPS) is 11.5. The molecule has 1 heterocycles. The topological polar surface area (TPSA) is 52.6 Å². The number of thiazole rings is 1. The van der Waals surface area contributed by atoms with Crippen molar-refractivity contribution in [2.24, 2.45) is 4.99 Å². The molecule has 0 aliphatic rings. The van der Waals surface area contributed by atoms with E-state index >= 15 is 0 Å². The second-order valence-electron chi connectivity index (χ2n) is 5.85. The molecule has 0 bridgehead atoms. The Morgan fingerprint density at radius 3 is 2.76 bits per heavy atom. The number of aryl methyl sites for hydroxylation is 2. The zero-order valence-corrected chi connectivity index (χ0v) is 16.1. The second-order valence-corrected chi connectivity index (χ2v) is 7.14. The zero-order valence-electron chi connectivity index (χ0n) is 15.3. The lowest BCUT2D eigenvalue weighted by Gasteiger charge is -2.19. The summed E-state index contributed by atoms with van der Waals surface area (Å²) >= 11 is 1.70. The van der Waals surface area contributed by atoms with Gasteiger partial charge in [0, 0.05) is 37.7 Å². The van der Waals surface area contributed by atoms with Crippen LogP contribution in [0.5, 0.6) is 0 Å². The smallest absolute Gasteiger partial charge is 0.191 e. The molecule has 0 aliphatic heterocycles. The number of rotatable bonds is 7. The number of anilines is 1. The fourth-order valence-corrected chi connectivity index (χ4v) is 3.36. The quantitative estimate of drug-likeness (QED) is 0.451. The van der Waals surface area contributed by atoms with Crippen molar-refractivity contribution in [3.05, 3.63) is 45.7 Å². The van der Waals surface area contributed by atoms with Gasteiger partial charge >= 0.3 is 0 Å². The lowest BCUT2D eigenvalue weighted by molar-refractivity contribution is 0.626. The third-order valence-corrected chi connectivity index (χ3v) is 4.92. The monoisotopic (exact) mass is 363 g/mol. The number of benzene rings is 1. The fourth-order valence-electron chi connectivity index (χ4n) is 2.49. The van der Waals surface area contributed by atoms with Gasteiger partial charge in [0.2, 0.25) is 0 Å². The number of nitrogens with one attached hydrogen (secondary N) is 2. The molecule has 5 nitrogen and oxygen atoms in total. The summed E-state index contributed by atoms with van der Waals surface area (Å²) in [5.41, 5.74) is 1.96. The van der Waals surface area contributed by atoms with Gasteiger partial charge in [-0.05, 0) is 38.5 Å². The van der Waals surface area contributed by atoms with Crippen LogP contribution in [0.1, 0.15) is 22.0 Å². The van der Waals surface area contributed by atoms with Crippen LogP contribution in [0.25, 0.3) is 0 Å². The molecular formula is C18H26FN5S. The molecule has 0 fully saturated rings. The van der Waals surface area contributed by atoms with Crippen LogP contribution in [0.4, 0.5) is 10.1 Å². The summed E-state index contributed by atoms with van der Waals surface area (Å²) in [7, 11) is 3.73. The van der Waals surface area contributed by atoms with E-state index in [2.05, 4.69) is 20.6 Å². The first-order chi connectivity index (χ1) is 12.0. The summed E-state index contributed by atoms with van der Waals surface area (Å²) in [6, 6.07) is 6.65. The van der Waals surface area contributed by atoms with Crippen LogP contribution in [0, 0.1) is 19.7 Å². The van der Waals surface area contributed by atoms with Crippen LogP contribution in [0.2, 0.25) is 0 Å². The summed E-state index contributed by atoms with van der Waals surface area (Å²) in [6.45, 7) is 6.39. The van der Waals surface area contributed by atoms with Gasteiger partial charge in [0.15, 0.2) is 5.96 Å². The molecule has 1 aromatic heterocycles. The van der Waals surface area contributed by atoms with E-state index in [9.17, 15) is 4.39 Å². The van der Waals surface area contributed by atoms with Crippen molar-refractivity contribution in [2.75, 3.05) is 32.1 Å².